The average molecular weight is 260 g/mol. The molecule has 1 aromatic rings. The molecule has 102 valence electrons. The van der Waals surface area contributed by atoms with Gasteiger partial charge in [0.25, 0.3) is 5.91 Å². The molecular weight excluding hydrogens is 240 g/mol. The first-order valence-electron chi connectivity index (χ1n) is 7.09. The van der Waals surface area contributed by atoms with Gasteiger partial charge in [-0.3, -0.25) is 4.79 Å². The fourth-order valence-corrected chi connectivity index (χ4v) is 2.73. The molecule has 2 aliphatic heterocycles. The Balaban J connectivity index is 1.62. The molecule has 1 saturated heterocycles. The normalized spacial score (nSPS) is 21.6. The number of carbonyl (C=O) groups is 1. The van der Waals surface area contributed by atoms with Gasteiger partial charge in [0.15, 0.2) is 0 Å². The van der Waals surface area contributed by atoms with Crippen LogP contribution < -0.4 is 10.6 Å². The van der Waals surface area contributed by atoms with E-state index in [1.165, 1.54) is 11.3 Å². The molecule has 2 heterocycles. The number of benzene rings is 1. The third kappa shape index (κ3) is 2.89. The minimum atomic E-state index is 0.00359. The molecule has 1 atom stereocenters. The molecule has 2 aliphatic rings. The second-order valence-corrected chi connectivity index (χ2v) is 5.25. The molecule has 2 N–H and O–H groups in total. The zero-order valence-electron chi connectivity index (χ0n) is 11.1. The number of hydrogen-bond donors (Lipinski definition) is 2. The van der Waals surface area contributed by atoms with E-state index in [1.54, 1.807) is 0 Å². The van der Waals surface area contributed by atoms with Gasteiger partial charge in [-0.15, -0.1) is 0 Å². The van der Waals surface area contributed by atoms with Crippen LogP contribution in [0, 0.1) is 0 Å². The maximum Gasteiger partial charge on any atom is 0.251 e. The predicted molar refractivity (Wildman–Crippen MR) is 74.6 cm³/mol. The van der Waals surface area contributed by atoms with Crippen molar-refractivity contribution in [3.8, 4) is 0 Å². The van der Waals surface area contributed by atoms with Gasteiger partial charge >= 0.3 is 0 Å². The number of fused-ring (bicyclic) bond motifs is 1. The van der Waals surface area contributed by atoms with Crippen molar-refractivity contribution < 1.29 is 9.53 Å². The first-order chi connectivity index (χ1) is 9.33. The van der Waals surface area contributed by atoms with Crippen LogP contribution in [-0.2, 0) is 11.2 Å². The van der Waals surface area contributed by atoms with Crippen LogP contribution in [-0.4, -0.2) is 31.7 Å². The summed E-state index contributed by atoms with van der Waals surface area (Å²) in [5.41, 5.74) is 3.17. The van der Waals surface area contributed by atoms with Crippen LogP contribution in [0.2, 0.25) is 0 Å². The highest BCUT2D eigenvalue weighted by molar-refractivity contribution is 5.95. The monoisotopic (exact) mass is 260 g/mol. The second-order valence-electron chi connectivity index (χ2n) is 5.25. The molecule has 1 aromatic carbocycles. The molecule has 0 spiro atoms. The molecule has 3 rings (SSSR count). The fraction of sp³-hybridized carbons (Fsp3) is 0.533. The summed E-state index contributed by atoms with van der Waals surface area (Å²) in [5.74, 6) is 0.00359. The summed E-state index contributed by atoms with van der Waals surface area (Å²) >= 11 is 0. The summed E-state index contributed by atoms with van der Waals surface area (Å²) in [7, 11) is 0. The highest BCUT2D eigenvalue weighted by Gasteiger charge is 2.17. The number of ether oxygens (including phenoxy) is 1. The molecule has 0 aliphatic carbocycles. The first kappa shape index (κ1) is 12.5. The van der Waals surface area contributed by atoms with Crippen LogP contribution in [0.3, 0.4) is 0 Å². The van der Waals surface area contributed by atoms with Crippen molar-refractivity contribution in [2.24, 2.45) is 0 Å². The molecule has 0 bridgehead atoms. The van der Waals surface area contributed by atoms with E-state index in [9.17, 15) is 4.79 Å². The van der Waals surface area contributed by atoms with Crippen molar-refractivity contribution in [3.63, 3.8) is 0 Å². The van der Waals surface area contributed by atoms with E-state index in [0.29, 0.717) is 6.54 Å². The molecular formula is C15H20N2O2. The first-order valence-corrected chi connectivity index (χ1v) is 7.09. The van der Waals surface area contributed by atoms with E-state index < -0.39 is 0 Å². The number of anilines is 1. The van der Waals surface area contributed by atoms with Gasteiger partial charge in [-0.05, 0) is 49.4 Å². The Hall–Kier alpha value is -1.55. The van der Waals surface area contributed by atoms with Crippen molar-refractivity contribution >= 4 is 11.6 Å². The number of hydrogen-bond acceptors (Lipinski definition) is 3. The number of amides is 1. The average Bonchev–Trinajstić information content (AvgIpc) is 2.97. The van der Waals surface area contributed by atoms with E-state index in [4.69, 9.17) is 4.74 Å². The van der Waals surface area contributed by atoms with Crippen LogP contribution in [0.4, 0.5) is 5.69 Å². The summed E-state index contributed by atoms with van der Waals surface area (Å²) < 4.78 is 5.51. The predicted octanol–water partition coefficient (Wildman–Crippen LogP) is 1.95. The van der Waals surface area contributed by atoms with Gasteiger partial charge in [0.2, 0.25) is 0 Å². The molecule has 4 nitrogen and oxygen atoms in total. The molecule has 1 fully saturated rings. The van der Waals surface area contributed by atoms with Crippen LogP contribution in [0.1, 0.15) is 35.2 Å². The topological polar surface area (TPSA) is 50.4 Å². The lowest BCUT2D eigenvalue weighted by Crippen LogP contribution is -2.31. The SMILES string of the molecule is O=C(NCC1CCCO1)c1ccc2c(c1)CCCN2. The van der Waals surface area contributed by atoms with E-state index in [-0.39, 0.29) is 12.0 Å². The minimum Gasteiger partial charge on any atom is -0.385 e. The lowest BCUT2D eigenvalue weighted by Gasteiger charge is -2.18. The lowest BCUT2D eigenvalue weighted by atomic mass is 10.0. The Morgan fingerprint density at radius 2 is 2.37 bits per heavy atom. The Kier molecular flexibility index (Phi) is 3.69. The summed E-state index contributed by atoms with van der Waals surface area (Å²) in [6.45, 7) is 2.47. The number of carbonyl (C=O) groups excluding carboxylic acids is 1. The van der Waals surface area contributed by atoms with Crippen molar-refractivity contribution in [3.05, 3.63) is 29.3 Å². The zero-order valence-corrected chi connectivity index (χ0v) is 11.1. The van der Waals surface area contributed by atoms with Crippen LogP contribution in [0.15, 0.2) is 18.2 Å². The third-order valence-corrected chi connectivity index (χ3v) is 3.82. The van der Waals surface area contributed by atoms with Crippen molar-refractivity contribution in [2.45, 2.75) is 31.8 Å². The van der Waals surface area contributed by atoms with E-state index in [1.807, 2.05) is 18.2 Å². The zero-order chi connectivity index (χ0) is 13.1. The Bertz CT molecular complexity index is 467. The summed E-state index contributed by atoms with van der Waals surface area (Å²) in [5, 5.41) is 6.32. The Morgan fingerprint density at radius 1 is 1.42 bits per heavy atom. The number of rotatable bonds is 3. The van der Waals surface area contributed by atoms with Crippen LogP contribution in [0.5, 0.6) is 0 Å². The highest BCUT2D eigenvalue weighted by atomic mass is 16.5. The summed E-state index contributed by atoms with van der Waals surface area (Å²) in [6, 6.07) is 5.91. The van der Waals surface area contributed by atoms with Gasteiger partial charge in [-0.1, -0.05) is 0 Å². The quantitative estimate of drug-likeness (QED) is 0.873. The van der Waals surface area contributed by atoms with E-state index in [0.717, 1.165) is 44.4 Å². The standard InChI is InChI=1S/C15H20N2O2/c18-15(17-10-13-4-2-8-19-13)12-5-6-14-11(9-12)3-1-7-16-14/h5-6,9,13,16H,1-4,7-8,10H2,(H,17,18). The van der Waals surface area contributed by atoms with Gasteiger partial charge in [0, 0.05) is 30.9 Å². The fourth-order valence-electron chi connectivity index (χ4n) is 2.73. The molecule has 0 aromatic heterocycles. The summed E-state index contributed by atoms with van der Waals surface area (Å²) in [6.07, 6.45) is 4.53. The Labute approximate surface area is 113 Å². The molecule has 1 unspecified atom stereocenters. The van der Waals surface area contributed by atoms with Gasteiger partial charge in [0.05, 0.1) is 6.10 Å². The molecule has 0 radical (unpaired) electrons. The third-order valence-electron chi connectivity index (χ3n) is 3.82. The number of nitrogens with one attached hydrogen (secondary N) is 2. The maximum atomic E-state index is 12.1. The van der Waals surface area contributed by atoms with Crippen LogP contribution in [0.25, 0.3) is 0 Å². The Morgan fingerprint density at radius 3 is 3.21 bits per heavy atom. The smallest absolute Gasteiger partial charge is 0.251 e. The highest BCUT2D eigenvalue weighted by Crippen LogP contribution is 2.22. The molecule has 1 amide bonds. The number of aryl methyl sites for hydroxylation is 1. The van der Waals surface area contributed by atoms with E-state index >= 15 is 0 Å². The summed E-state index contributed by atoms with van der Waals surface area (Å²) in [4.78, 5) is 12.1. The lowest BCUT2D eigenvalue weighted by molar-refractivity contribution is 0.0857. The molecule has 19 heavy (non-hydrogen) atoms. The second kappa shape index (κ2) is 5.61. The van der Waals surface area contributed by atoms with Crippen molar-refractivity contribution in [2.75, 3.05) is 25.0 Å². The van der Waals surface area contributed by atoms with Crippen LogP contribution >= 0.6 is 0 Å². The van der Waals surface area contributed by atoms with Gasteiger partial charge in [-0.25, -0.2) is 0 Å². The maximum absolute atomic E-state index is 12.1. The van der Waals surface area contributed by atoms with E-state index in [2.05, 4.69) is 10.6 Å². The van der Waals surface area contributed by atoms with Gasteiger partial charge in [0.1, 0.15) is 0 Å². The van der Waals surface area contributed by atoms with Gasteiger partial charge < -0.3 is 15.4 Å². The van der Waals surface area contributed by atoms with Gasteiger partial charge in [-0.2, -0.15) is 0 Å². The minimum absolute atomic E-state index is 0.00359. The molecule has 4 heteroatoms. The largest absolute Gasteiger partial charge is 0.385 e. The van der Waals surface area contributed by atoms with Crippen molar-refractivity contribution in [1.82, 2.24) is 5.32 Å². The van der Waals surface area contributed by atoms with Crippen molar-refractivity contribution in [1.29, 1.82) is 0 Å². The molecule has 0 saturated carbocycles.